The summed E-state index contributed by atoms with van der Waals surface area (Å²) in [6.07, 6.45) is 3.17. The van der Waals surface area contributed by atoms with Gasteiger partial charge in [-0.2, -0.15) is 0 Å². The SMILES string of the molecule is COc1nc(C(C)(C)C)ccc1CN[C@H]1[C@H](C(C)(C)C)[C@@H](C(=O)O)N(C(=O)[C@H]2CCC[C@@H](OC)C2)[C@H]1c1ccccc1. The normalized spacial score (nSPS) is 26.7. The number of methoxy groups -OCH3 is 2. The predicted octanol–water partition coefficient (Wildman–Crippen LogP) is 5.75. The fourth-order valence-electron chi connectivity index (χ4n) is 6.95. The second kappa shape index (κ2) is 12.7. The van der Waals surface area contributed by atoms with Crippen molar-refractivity contribution < 1.29 is 24.2 Å². The van der Waals surface area contributed by atoms with E-state index in [9.17, 15) is 14.7 Å². The van der Waals surface area contributed by atoms with Gasteiger partial charge < -0.3 is 24.8 Å². The fraction of sp³-hybridized carbons (Fsp3) is 0.618. The molecule has 230 valence electrons. The molecule has 42 heavy (non-hydrogen) atoms. The van der Waals surface area contributed by atoms with Gasteiger partial charge in [0, 0.05) is 48.2 Å². The van der Waals surface area contributed by atoms with Crippen LogP contribution in [0.25, 0.3) is 0 Å². The summed E-state index contributed by atoms with van der Waals surface area (Å²) in [5.41, 5.74) is 2.20. The molecule has 1 saturated heterocycles. The van der Waals surface area contributed by atoms with Crippen LogP contribution in [-0.2, 0) is 26.3 Å². The van der Waals surface area contributed by atoms with Crippen LogP contribution in [0.1, 0.15) is 90.1 Å². The van der Waals surface area contributed by atoms with Gasteiger partial charge in [-0.3, -0.25) is 4.79 Å². The number of rotatable bonds is 8. The first-order valence-electron chi connectivity index (χ1n) is 15.2. The van der Waals surface area contributed by atoms with E-state index in [0.29, 0.717) is 18.8 Å². The largest absolute Gasteiger partial charge is 0.481 e. The number of hydrogen-bond acceptors (Lipinski definition) is 6. The summed E-state index contributed by atoms with van der Waals surface area (Å²) in [5, 5.41) is 14.5. The third kappa shape index (κ3) is 6.65. The van der Waals surface area contributed by atoms with Gasteiger partial charge in [0.05, 0.1) is 19.3 Å². The Kier molecular flexibility index (Phi) is 9.68. The molecule has 1 aliphatic carbocycles. The molecule has 6 atom stereocenters. The zero-order chi connectivity index (χ0) is 30.8. The Bertz CT molecular complexity index is 1240. The third-order valence-corrected chi connectivity index (χ3v) is 9.05. The summed E-state index contributed by atoms with van der Waals surface area (Å²) in [6.45, 7) is 13.0. The summed E-state index contributed by atoms with van der Waals surface area (Å²) < 4.78 is 11.3. The zero-order valence-corrected chi connectivity index (χ0v) is 26.5. The highest BCUT2D eigenvalue weighted by atomic mass is 16.5. The Hall–Kier alpha value is -2.97. The van der Waals surface area contributed by atoms with Crippen molar-refractivity contribution in [2.45, 2.75) is 103 Å². The molecule has 1 saturated carbocycles. The zero-order valence-electron chi connectivity index (χ0n) is 26.5. The van der Waals surface area contributed by atoms with E-state index in [1.165, 1.54) is 0 Å². The van der Waals surface area contributed by atoms with Crippen molar-refractivity contribution in [2.24, 2.45) is 17.3 Å². The van der Waals surface area contributed by atoms with Crippen LogP contribution in [0.5, 0.6) is 5.88 Å². The molecule has 2 fully saturated rings. The van der Waals surface area contributed by atoms with Crippen molar-refractivity contribution >= 4 is 11.9 Å². The van der Waals surface area contributed by atoms with Gasteiger partial charge in [0.2, 0.25) is 11.8 Å². The van der Waals surface area contributed by atoms with E-state index in [1.807, 2.05) is 42.5 Å². The van der Waals surface area contributed by atoms with Crippen LogP contribution in [0.3, 0.4) is 0 Å². The minimum absolute atomic E-state index is 0.0112. The van der Waals surface area contributed by atoms with Crippen LogP contribution in [0.15, 0.2) is 42.5 Å². The van der Waals surface area contributed by atoms with Crippen molar-refractivity contribution in [3.05, 3.63) is 59.3 Å². The second-order valence-corrected chi connectivity index (χ2v) is 14.0. The Labute approximate surface area is 251 Å². The van der Waals surface area contributed by atoms with E-state index in [2.05, 4.69) is 46.9 Å². The number of carbonyl (C=O) groups is 2. The number of aromatic nitrogens is 1. The van der Waals surface area contributed by atoms with Gasteiger partial charge >= 0.3 is 5.97 Å². The highest BCUT2D eigenvalue weighted by molar-refractivity contribution is 5.87. The number of amides is 1. The van der Waals surface area contributed by atoms with Gasteiger partial charge in [-0.1, -0.05) is 84.4 Å². The first-order chi connectivity index (χ1) is 19.8. The fourth-order valence-corrected chi connectivity index (χ4v) is 6.95. The number of carbonyl (C=O) groups excluding carboxylic acids is 1. The lowest BCUT2D eigenvalue weighted by Crippen LogP contribution is -2.49. The van der Waals surface area contributed by atoms with Crippen LogP contribution >= 0.6 is 0 Å². The maximum absolute atomic E-state index is 14.4. The molecular weight excluding hydrogens is 530 g/mol. The van der Waals surface area contributed by atoms with Crippen molar-refractivity contribution in [3.8, 4) is 5.88 Å². The van der Waals surface area contributed by atoms with Gasteiger partial charge in [0.25, 0.3) is 0 Å². The number of hydrogen-bond donors (Lipinski definition) is 2. The minimum Gasteiger partial charge on any atom is -0.481 e. The van der Waals surface area contributed by atoms with Gasteiger partial charge in [-0.25, -0.2) is 9.78 Å². The average Bonchev–Trinajstić information content (AvgIpc) is 3.31. The molecule has 1 aromatic heterocycles. The highest BCUT2D eigenvalue weighted by Crippen LogP contribution is 2.49. The number of ether oxygens (including phenoxy) is 2. The van der Waals surface area contributed by atoms with E-state index in [4.69, 9.17) is 14.5 Å². The molecule has 1 amide bonds. The smallest absolute Gasteiger partial charge is 0.326 e. The molecule has 8 heteroatoms. The number of benzene rings is 1. The quantitative estimate of drug-likeness (QED) is 0.411. The number of carboxylic acid groups (broad SMARTS) is 1. The highest BCUT2D eigenvalue weighted by Gasteiger charge is 2.58. The molecule has 2 aromatic rings. The molecule has 2 N–H and O–H groups in total. The van der Waals surface area contributed by atoms with E-state index in [-0.39, 0.29) is 35.3 Å². The number of nitrogens with zero attached hydrogens (tertiary/aromatic N) is 2. The third-order valence-electron chi connectivity index (χ3n) is 9.05. The van der Waals surface area contributed by atoms with Gasteiger partial charge in [-0.15, -0.1) is 0 Å². The van der Waals surface area contributed by atoms with Crippen molar-refractivity contribution in [3.63, 3.8) is 0 Å². The van der Waals surface area contributed by atoms with E-state index >= 15 is 0 Å². The average molecular weight is 580 g/mol. The van der Waals surface area contributed by atoms with Gasteiger partial charge in [0.15, 0.2) is 0 Å². The summed E-state index contributed by atoms with van der Waals surface area (Å²) in [7, 11) is 3.31. The molecule has 2 heterocycles. The first kappa shape index (κ1) is 32.0. The van der Waals surface area contributed by atoms with E-state index in [1.54, 1.807) is 19.1 Å². The van der Waals surface area contributed by atoms with Crippen LogP contribution in [-0.4, -0.2) is 59.3 Å². The van der Waals surface area contributed by atoms with Crippen molar-refractivity contribution in [2.75, 3.05) is 14.2 Å². The topological polar surface area (TPSA) is 101 Å². The number of likely N-dealkylation sites (tertiary alicyclic amines) is 1. The molecule has 4 rings (SSSR count). The van der Waals surface area contributed by atoms with Crippen molar-refractivity contribution in [1.29, 1.82) is 0 Å². The molecule has 8 nitrogen and oxygen atoms in total. The Morgan fingerprint density at radius 1 is 1.02 bits per heavy atom. The van der Waals surface area contributed by atoms with E-state index in [0.717, 1.165) is 36.1 Å². The monoisotopic (exact) mass is 579 g/mol. The lowest BCUT2D eigenvalue weighted by Gasteiger charge is -2.36. The Morgan fingerprint density at radius 3 is 2.29 bits per heavy atom. The Morgan fingerprint density at radius 2 is 1.71 bits per heavy atom. The van der Waals surface area contributed by atoms with Crippen LogP contribution in [0.2, 0.25) is 0 Å². The number of pyridine rings is 1. The summed E-state index contributed by atoms with van der Waals surface area (Å²) in [6, 6.07) is 12.1. The molecule has 0 radical (unpaired) electrons. The molecule has 1 aromatic carbocycles. The maximum atomic E-state index is 14.4. The van der Waals surface area contributed by atoms with Crippen LogP contribution in [0.4, 0.5) is 0 Å². The lowest BCUT2D eigenvalue weighted by molar-refractivity contribution is -0.155. The van der Waals surface area contributed by atoms with Crippen molar-refractivity contribution in [1.82, 2.24) is 15.2 Å². The Balaban J connectivity index is 1.78. The summed E-state index contributed by atoms with van der Waals surface area (Å²) >= 11 is 0. The van der Waals surface area contributed by atoms with Crippen LogP contribution in [0, 0.1) is 17.3 Å². The maximum Gasteiger partial charge on any atom is 0.326 e. The van der Waals surface area contributed by atoms with Gasteiger partial charge in [-0.05, 0) is 36.3 Å². The number of nitrogens with one attached hydrogen (secondary N) is 1. The first-order valence-corrected chi connectivity index (χ1v) is 15.2. The second-order valence-electron chi connectivity index (χ2n) is 14.0. The summed E-state index contributed by atoms with van der Waals surface area (Å²) in [4.78, 5) is 34.0. The minimum atomic E-state index is -0.980. The molecular formula is C34H49N3O5. The molecule has 0 spiro atoms. The molecule has 0 unspecified atom stereocenters. The molecule has 2 aliphatic rings. The predicted molar refractivity (Wildman–Crippen MR) is 163 cm³/mol. The molecule has 1 aliphatic heterocycles. The lowest BCUT2D eigenvalue weighted by atomic mass is 9.72. The summed E-state index contributed by atoms with van der Waals surface area (Å²) in [5.74, 6) is -1.15. The van der Waals surface area contributed by atoms with Gasteiger partial charge in [0.1, 0.15) is 6.04 Å². The number of carboxylic acids is 1. The molecule has 0 bridgehead atoms. The standard InChI is InChI=1S/C34H49N3O5/c1-33(2,3)25-18-17-23(30(36-25)42-8)20-35-27-26(34(4,5)6)29(32(39)40)37(28(27)21-13-10-9-11-14-21)31(38)22-15-12-16-24(19-22)41-7/h9-11,13-14,17-18,22,24,26-29,35H,12,15-16,19-20H2,1-8H3,(H,39,40)/t22-,24+,26-,27-,28-,29-/m0/s1. The van der Waals surface area contributed by atoms with Crippen LogP contribution < -0.4 is 10.1 Å². The number of aliphatic carboxylic acids is 1. The van der Waals surface area contributed by atoms with E-state index < -0.39 is 23.5 Å².